The van der Waals surface area contributed by atoms with Crippen molar-refractivity contribution in [2.24, 2.45) is 0 Å². The Hall–Kier alpha value is -5.20. The molecule has 0 amide bonds. The van der Waals surface area contributed by atoms with E-state index in [2.05, 4.69) is 163 Å². The summed E-state index contributed by atoms with van der Waals surface area (Å²) in [7, 11) is 0. The van der Waals surface area contributed by atoms with Gasteiger partial charge in [0.1, 0.15) is 0 Å². The van der Waals surface area contributed by atoms with E-state index in [4.69, 9.17) is 0 Å². The zero-order valence-corrected chi connectivity index (χ0v) is 28.5. The molecule has 0 saturated heterocycles. The first-order chi connectivity index (χ1) is 23.1. The first-order valence-corrected chi connectivity index (χ1v) is 17.4. The molecule has 0 saturated carbocycles. The second kappa shape index (κ2) is 9.24. The van der Waals surface area contributed by atoms with Crippen LogP contribution in [0, 0.1) is 0 Å². The molecular formula is C48H38. The highest BCUT2D eigenvalue weighted by Gasteiger charge is 2.24. The van der Waals surface area contributed by atoms with Gasteiger partial charge in [-0.25, -0.2) is 0 Å². The van der Waals surface area contributed by atoms with Crippen molar-refractivity contribution < 1.29 is 0 Å². The lowest BCUT2D eigenvalue weighted by atomic mass is 9.78. The summed E-state index contributed by atoms with van der Waals surface area (Å²) in [5, 5.41) is 21.5. The Kier molecular flexibility index (Phi) is 5.36. The lowest BCUT2D eigenvalue weighted by Gasteiger charge is -2.26. The third-order valence-corrected chi connectivity index (χ3v) is 11.2. The fourth-order valence-corrected chi connectivity index (χ4v) is 8.66. The maximum absolute atomic E-state index is 2.50. The average molecular weight is 615 g/mol. The Bertz CT molecular complexity index is 2900. The molecule has 0 unspecified atom stereocenters. The van der Waals surface area contributed by atoms with E-state index >= 15 is 0 Å². The summed E-state index contributed by atoms with van der Waals surface area (Å²) in [4.78, 5) is 0. The summed E-state index contributed by atoms with van der Waals surface area (Å²) in [5.41, 5.74) is 5.48. The lowest BCUT2D eigenvalue weighted by Crippen LogP contribution is -2.16. The van der Waals surface area contributed by atoms with Gasteiger partial charge < -0.3 is 0 Å². The third kappa shape index (κ3) is 3.72. The van der Waals surface area contributed by atoms with Crippen LogP contribution < -0.4 is 0 Å². The molecule has 0 heteroatoms. The number of hydrogen-bond donors (Lipinski definition) is 0. The van der Waals surface area contributed by atoms with Crippen LogP contribution in [-0.2, 0) is 10.8 Å². The lowest BCUT2D eigenvalue weighted by molar-refractivity contribution is 0.569. The van der Waals surface area contributed by atoms with Gasteiger partial charge in [0.05, 0.1) is 0 Å². The van der Waals surface area contributed by atoms with Crippen molar-refractivity contribution in [3.63, 3.8) is 0 Å². The molecule has 0 spiro atoms. The first kappa shape index (κ1) is 27.9. The van der Waals surface area contributed by atoms with Gasteiger partial charge in [0.2, 0.25) is 0 Å². The van der Waals surface area contributed by atoms with Crippen molar-refractivity contribution in [1.29, 1.82) is 0 Å². The molecule has 0 heterocycles. The van der Waals surface area contributed by atoms with E-state index in [-0.39, 0.29) is 10.8 Å². The number of hydrogen-bond acceptors (Lipinski definition) is 0. The summed E-state index contributed by atoms with van der Waals surface area (Å²) in [5.74, 6) is 0. The highest BCUT2D eigenvalue weighted by Crippen LogP contribution is 2.49. The monoisotopic (exact) mass is 614 g/mol. The summed E-state index contributed by atoms with van der Waals surface area (Å²) < 4.78 is 0. The molecule has 0 aromatic heterocycles. The van der Waals surface area contributed by atoms with Crippen molar-refractivity contribution in [2.75, 3.05) is 0 Å². The smallest absolute Gasteiger partial charge is 0.00137 e. The van der Waals surface area contributed by atoms with Crippen LogP contribution in [0.2, 0.25) is 0 Å². The van der Waals surface area contributed by atoms with Crippen LogP contribution in [-0.4, -0.2) is 0 Å². The first-order valence-electron chi connectivity index (χ1n) is 17.4. The van der Waals surface area contributed by atoms with E-state index in [1.807, 2.05) is 0 Å². The van der Waals surface area contributed by atoms with Crippen LogP contribution in [0.15, 0.2) is 121 Å². The Balaban J connectivity index is 1.40. The molecule has 230 valence electrons. The topological polar surface area (TPSA) is 0 Å². The van der Waals surface area contributed by atoms with E-state index in [1.165, 1.54) is 108 Å². The molecule has 10 rings (SSSR count). The minimum atomic E-state index is 0.0419. The number of benzene rings is 8. The molecule has 0 aliphatic rings. The minimum Gasteiger partial charge on any atom is -0.0616 e. The van der Waals surface area contributed by atoms with Gasteiger partial charge in [-0.2, -0.15) is 0 Å². The zero-order valence-electron chi connectivity index (χ0n) is 28.5. The van der Waals surface area contributed by atoms with Gasteiger partial charge in [0, 0.05) is 0 Å². The second-order valence-corrected chi connectivity index (χ2v) is 16.2. The highest BCUT2D eigenvalue weighted by molar-refractivity contribution is 6.39. The summed E-state index contributed by atoms with van der Waals surface area (Å²) >= 11 is 0. The Morgan fingerprint density at radius 2 is 0.833 bits per heavy atom. The van der Waals surface area contributed by atoms with Gasteiger partial charge in [-0.05, 0) is 137 Å². The molecule has 10 aromatic rings. The van der Waals surface area contributed by atoms with Crippen LogP contribution in [0.5, 0.6) is 0 Å². The third-order valence-electron chi connectivity index (χ3n) is 11.2. The normalized spacial score (nSPS) is 13.2. The summed E-state index contributed by atoms with van der Waals surface area (Å²) in [6, 6.07) is 46.8. The zero-order chi connectivity index (χ0) is 32.7. The number of rotatable bonds is 1. The van der Waals surface area contributed by atoms with E-state index in [0.717, 1.165) is 0 Å². The molecule has 0 atom stereocenters. The maximum atomic E-state index is 2.50. The van der Waals surface area contributed by atoms with E-state index in [9.17, 15) is 0 Å². The predicted molar refractivity (Wildman–Crippen MR) is 212 cm³/mol. The molecule has 0 fully saturated rings. The molecule has 0 aliphatic carbocycles. The SMILES string of the molecule is CC(C)(C)c1cc(-c2ccc3c4ccccc4c4cc5c6cc7c(cc6ccc5c2c34)c2cccc3cccc7c32)cc(C(C)(C)C)c1. The maximum Gasteiger partial charge on any atom is -0.00137 e. The van der Waals surface area contributed by atoms with Crippen LogP contribution >= 0.6 is 0 Å². The van der Waals surface area contributed by atoms with Crippen LogP contribution in [0.3, 0.4) is 0 Å². The van der Waals surface area contributed by atoms with Gasteiger partial charge in [-0.1, -0.05) is 145 Å². The largest absolute Gasteiger partial charge is 0.0616 e. The highest BCUT2D eigenvalue weighted by atomic mass is 14.3. The average Bonchev–Trinajstić information content (AvgIpc) is 3.57. The molecule has 10 aromatic carbocycles. The molecule has 0 bridgehead atoms. The standard InChI is InChI=1S/C48H38/c1-47(2,3)30-21-29(22-31(24-30)48(4,5)6)32-19-20-37-33-13-7-8-14-34(33)43-26-41-38(45(32)46(37)43)18-17-28-23-40-35-15-9-11-27-12-10-16-36(44(27)35)42(40)25-39(28)41/h7-26H,1-6H3. The molecule has 0 nitrogen and oxygen atoms in total. The van der Waals surface area contributed by atoms with E-state index < -0.39 is 0 Å². The molecule has 0 N–H and O–H groups in total. The number of fused-ring (bicyclic) bond motifs is 10. The van der Waals surface area contributed by atoms with Gasteiger partial charge >= 0.3 is 0 Å². The van der Waals surface area contributed by atoms with Crippen molar-refractivity contribution >= 4 is 86.2 Å². The fourth-order valence-electron chi connectivity index (χ4n) is 8.66. The van der Waals surface area contributed by atoms with Crippen LogP contribution in [0.25, 0.3) is 97.3 Å². The fraction of sp³-hybridized carbons (Fsp3) is 0.167. The van der Waals surface area contributed by atoms with Crippen LogP contribution in [0.4, 0.5) is 0 Å². The molecule has 48 heavy (non-hydrogen) atoms. The van der Waals surface area contributed by atoms with Crippen molar-refractivity contribution in [3.8, 4) is 11.1 Å². The van der Waals surface area contributed by atoms with Gasteiger partial charge in [-0.3, -0.25) is 0 Å². The quantitative estimate of drug-likeness (QED) is 0.161. The van der Waals surface area contributed by atoms with Crippen LogP contribution in [0.1, 0.15) is 52.7 Å². The summed E-state index contributed by atoms with van der Waals surface area (Å²) in [6.07, 6.45) is 0. The Morgan fingerprint density at radius 1 is 0.312 bits per heavy atom. The van der Waals surface area contributed by atoms with E-state index in [0.29, 0.717) is 0 Å². The molecular weight excluding hydrogens is 577 g/mol. The van der Waals surface area contributed by atoms with Gasteiger partial charge in [-0.15, -0.1) is 0 Å². The predicted octanol–water partition coefficient (Wildman–Crippen LogP) is 14.0. The van der Waals surface area contributed by atoms with Crippen molar-refractivity contribution in [2.45, 2.75) is 52.4 Å². The van der Waals surface area contributed by atoms with Crippen molar-refractivity contribution in [3.05, 3.63) is 132 Å². The summed E-state index contributed by atoms with van der Waals surface area (Å²) in [6.45, 7) is 14.0. The van der Waals surface area contributed by atoms with Crippen molar-refractivity contribution in [1.82, 2.24) is 0 Å². The Morgan fingerprint density at radius 3 is 1.50 bits per heavy atom. The van der Waals surface area contributed by atoms with E-state index in [1.54, 1.807) is 0 Å². The second-order valence-electron chi connectivity index (χ2n) is 16.2. The van der Waals surface area contributed by atoms with Gasteiger partial charge in [0.15, 0.2) is 0 Å². The minimum absolute atomic E-state index is 0.0419. The molecule has 0 radical (unpaired) electrons. The Labute approximate surface area is 281 Å². The molecule has 0 aliphatic heterocycles. The van der Waals surface area contributed by atoms with Gasteiger partial charge in [0.25, 0.3) is 0 Å².